The van der Waals surface area contributed by atoms with Crippen LogP contribution in [0.25, 0.3) is 0 Å². The highest BCUT2D eigenvalue weighted by atomic mass is 32.1. The maximum Gasteiger partial charge on any atom is 0.306 e. The zero-order valence-corrected chi connectivity index (χ0v) is 17.7. The second-order valence-electron chi connectivity index (χ2n) is 7.15. The molecule has 0 N–H and O–H groups in total. The lowest BCUT2D eigenvalue weighted by Crippen LogP contribution is -2.50. The number of nitrogens with zero attached hydrogens (tertiary/aromatic N) is 2. The van der Waals surface area contributed by atoms with E-state index in [1.807, 2.05) is 5.38 Å². The molecule has 0 saturated carbocycles. The number of rotatable bonds is 7. The van der Waals surface area contributed by atoms with Crippen molar-refractivity contribution in [2.45, 2.75) is 26.7 Å². The van der Waals surface area contributed by atoms with E-state index < -0.39 is 5.97 Å². The second kappa shape index (κ2) is 9.69. The van der Waals surface area contributed by atoms with E-state index in [0.29, 0.717) is 18.0 Å². The lowest BCUT2D eigenvalue weighted by atomic mass is 10.1. The lowest BCUT2D eigenvalue weighted by Gasteiger charge is -2.37. The minimum Gasteiger partial charge on any atom is -0.456 e. The fraction of sp³-hybridized carbons (Fsp3) is 0.409. The number of Topliss-reactive ketones (excluding diaryl/α,β-unsaturated/α-hetero) is 1. The summed E-state index contributed by atoms with van der Waals surface area (Å²) in [5.41, 5.74) is 3.72. The molecule has 2 aromatic rings. The average Bonchev–Trinajstić information content (AvgIpc) is 3.27. The molecule has 1 aliphatic heterocycles. The summed E-state index contributed by atoms with van der Waals surface area (Å²) in [7, 11) is 0. The number of thiophene rings is 1. The SMILES string of the molecule is Cc1cccc(N2CCN(C(=O)COC(=O)CCC(=O)c3cccs3)CC2)c1C. The topological polar surface area (TPSA) is 66.9 Å². The Bertz CT molecular complexity index is 871. The van der Waals surface area contributed by atoms with Crippen LogP contribution in [0.5, 0.6) is 0 Å². The quantitative estimate of drug-likeness (QED) is 0.514. The van der Waals surface area contributed by atoms with Crippen LogP contribution in [0.1, 0.15) is 33.6 Å². The van der Waals surface area contributed by atoms with Crippen molar-refractivity contribution in [1.82, 2.24) is 4.90 Å². The summed E-state index contributed by atoms with van der Waals surface area (Å²) in [6, 6.07) is 9.80. The van der Waals surface area contributed by atoms with E-state index in [2.05, 4.69) is 36.9 Å². The van der Waals surface area contributed by atoms with Gasteiger partial charge in [-0.15, -0.1) is 11.3 Å². The monoisotopic (exact) mass is 414 g/mol. The Balaban J connectivity index is 1.40. The Hall–Kier alpha value is -2.67. The third-order valence-corrected chi connectivity index (χ3v) is 6.17. The predicted octanol–water partition coefficient (Wildman–Crippen LogP) is 3.22. The van der Waals surface area contributed by atoms with Crippen LogP contribution in [0.15, 0.2) is 35.7 Å². The van der Waals surface area contributed by atoms with E-state index in [4.69, 9.17) is 4.74 Å². The number of ketones is 1. The van der Waals surface area contributed by atoms with Crippen LogP contribution in [-0.2, 0) is 14.3 Å². The van der Waals surface area contributed by atoms with E-state index in [-0.39, 0.29) is 31.1 Å². The summed E-state index contributed by atoms with van der Waals surface area (Å²) in [5, 5.41) is 1.82. The van der Waals surface area contributed by atoms with Gasteiger partial charge in [0.15, 0.2) is 12.4 Å². The van der Waals surface area contributed by atoms with Gasteiger partial charge in [0.1, 0.15) is 0 Å². The van der Waals surface area contributed by atoms with E-state index >= 15 is 0 Å². The maximum absolute atomic E-state index is 12.4. The van der Waals surface area contributed by atoms with Gasteiger partial charge < -0.3 is 14.5 Å². The summed E-state index contributed by atoms with van der Waals surface area (Å²) >= 11 is 1.35. The van der Waals surface area contributed by atoms with Gasteiger partial charge in [-0.05, 0) is 42.5 Å². The molecule has 1 fully saturated rings. The third kappa shape index (κ3) is 5.44. The first kappa shape index (κ1) is 21.0. The molecule has 0 aliphatic carbocycles. The maximum atomic E-state index is 12.4. The number of hydrogen-bond donors (Lipinski definition) is 0. The molecule has 2 heterocycles. The van der Waals surface area contributed by atoms with Crippen LogP contribution < -0.4 is 4.90 Å². The highest BCUT2D eigenvalue weighted by Crippen LogP contribution is 2.23. The van der Waals surface area contributed by atoms with Gasteiger partial charge in [-0.3, -0.25) is 14.4 Å². The van der Waals surface area contributed by atoms with Crippen LogP contribution in [0.4, 0.5) is 5.69 Å². The van der Waals surface area contributed by atoms with Crippen molar-refractivity contribution in [2.24, 2.45) is 0 Å². The van der Waals surface area contributed by atoms with Gasteiger partial charge in [-0.1, -0.05) is 18.2 Å². The molecule has 1 saturated heterocycles. The van der Waals surface area contributed by atoms with E-state index in [0.717, 1.165) is 13.1 Å². The Morgan fingerprint density at radius 2 is 1.76 bits per heavy atom. The largest absolute Gasteiger partial charge is 0.456 e. The van der Waals surface area contributed by atoms with Crippen molar-refractivity contribution in [3.63, 3.8) is 0 Å². The van der Waals surface area contributed by atoms with E-state index in [9.17, 15) is 14.4 Å². The van der Waals surface area contributed by atoms with E-state index in [1.165, 1.54) is 28.2 Å². The zero-order chi connectivity index (χ0) is 20.8. The molecule has 0 atom stereocenters. The molecule has 1 aliphatic rings. The van der Waals surface area contributed by atoms with Gasteiger partial charge in [0.05, 0.1) is 11.3 Å². The molecular formula is C22H26N2O4S. The van der Waals surface area contributed by atoms with Crippen LogP contribution >= 0.6 is 11.3 Å². The number of aryl methyl sites for hydroxylation is 1. The van der Waals surface area contributed by atoms with Crippen LogP contribution in [0.2, 0.25) is 0 Å². The molecular weight excluding hydrogens is 388 g/mol. The summed E-state index contributed by atoms with van der Waals surface area (Å²) < 4.78 is 5.08. The van der Waals surface area contributed by atoms with Gasteiger partial charge in [0.2, 0.25) is 0 Å². The fourth-order valence-electron chi connectivity index (χ4n) is 3.36. The lowest BCUT2D eigenvalue weighted by molar-refractivity contribution is -0.152. The standard InChI is InChI=1S/C22H26N2O4S/c1-16-5-3-6-18(17(16)2)23-10-12-24(13-11-23)21(26)15-28-22(27)9-8-19(25)20-7-4-14-29-20/h3-7,14H,8-13,15H2,1-2H3. The summed E-state index contributed by atoms with van der Waals surface area (Å²) in [6.45, 7) is 6.64. The summed E-state index contributed by atoms with van der Waals surface area (Å²) in [5.74, 6) is -0.785. The molecule has 0 bridgehead atoms. The summed E-state index contributed by atoms with van der Waals surface area (Å²) in [4.78, 5) is 40.8. The van der Waals surface area contributed by atoms with Crippen molar-refractivity contribution >= 4 is 34.7 Å². The van der Waals surface area contributed by atoms with Crippen molar-refractivity contribution in [3.8, 4) is 0 Å². The Morgan fingerprint density at radius 1 is 1.00 bits per heavy atom. The van der Waals surface area contributed by atoms with Crippen LogP contribution in [0.3, 0.4) is 0 Å². The molecule has 3 rings (SSSR count). The third-order valence-electron chi connectivity index (χ3n) is 5.26. The van der Waals surface area contributed by atoms with Crippen molar-refractivity contribution in [2.75, 3.05) is 37.7 Å². The fourth-order valence-corrected chi connectivity index (χ4v) is 4.05. The first-order chi connectivity index (χ1) is 14.0. The normalized spacial score (nSPS) is 14.0. The number of anilines is 1. The minimum absolute atomic E-state index is 0.00950. The van der Waals surface area contributed by atoms with E-state index in [1.54, 1.807) is 17.0 Å². The van der Waals surface area contributed by atoms with Crippen LogP contribution in [-0.4, -0.2) is 55.3 Å². The van der Waals surface area contributed by atoms with Gasteiger partial charge >= 0.3 is 5.97 Å². The Kier molecular flexibility index (Phi) is 7.04. The Morgan fingerprint density at radius 3 is 2.45 bits per heavy atom. The number of esters is 1. The average molecular weight is 415 g/mol. The van der Waals surface area contributed by atoms with Gasteiger partial charge in [-0.2, -0.15) is 0 Å². The molecule has 1 aromatic heterocycles. The van der Waals surface area contributed by atoms with Crippen LogP contribution in [0, 0.1) is 13.8 Å². The first-order valence-electron chi connectivity index (χ1n) is 9.77. The van der Waals surface area contributed by atoms with Crippen molar-refractivity contribution in [3.05, 3.63) is 51.7 Å². The number of carbonyl (C=O) groups excluding carboxylic acids is 3. The summed E-state index contributed by atoms with van der Waals surface area (Å²) in [6.07, 6.45) is 0.0898. The van der Waals surface area contributed by atoms with Gasteiger partial charge in [0, 0.05) is 38.3 Å². The predicted molar refractivity (Wildman–Crippen MR) is 114 cm³/mol. The number of amides is 1. The number of hydrogen-bond acceptors (Lipinski definition) is 6. The number of ether oxygens (including phenoxy) is 1. The smallest absolute Gasteiger partial charge is 0.306 e. The molecule has 0 spiro atoms. The Labute approximate surface area is 175 Å². The molecule has 154 valence electrons. The molecule has 6 nitrogen and oxygen atoms in total. The van der Waals surface area contributed by atoms with Gasteiger partial charge in [0.25, 0.3) is 5.91 Å². The highest BCUT2D eigenvalue weighted by molar-refractivity contribution is 7.12. The first-order valence-corrected chi connectivity index (χ1v) is 10.6. The molecule has 29 heavy (non-hydrogen) atoms. The number of piperazine rings is 1. The highest BCUT2D eigenvalue weighted by Gasteiger charge is 2.23. The van der Waals surface area contributed by atoms with Gasteiger partial charge in [-0.25, -0.2) is 0 Å². The molecule has 0 radical (unpaired) electrons. The molecule has 7 heteroatoms. The molecule has 1 amide bonds. The zero-order valence-electron chi connectivity index (χ0n) is 16.8. The van der Waals surface area contributed by atoms with Crippen molar-refractivity contribution in [1.29, 1.82) is 0 Å². The van der Waals surface area contributed by atoms with Crippen molar-refractivity contribution < 1.29 is 19.1 Å². The molecule has 1 aromatic carbocycles. The number of benzene rings is 1. The number of carbonyl (C=O) groups is 3. The minimum atomic E-state index is -0.516. The molecule has 0 unspecified atom stereocenters. The second-order valence-corrected chi connectivity index (χ2v) is 8.10.